The number of nitrogens with one attached hydrogen (secondary N) is 1. The molecule has 4 aromatic rings. The predicted molar refractivity (Wildman–Crippen MR) is 112 cm³/mol. The Morgan fingerprint density at radius 1 is 1.07 bits per heavy atom. The van der Waals surface area contributed by atoms with Gasteiger partial charge in [0.05, 0.1) is 11.9 Å². The number of hydrogen-bond acceptors (Lipinski definition) is 6. The summed E-state index contributed by atoms with van der Waals surface area (Å²) in [5.74, 6) is 3.06. The highest BCUT2D eigenvalue weighted by Gasteiger charge is 2.29. The van der Waals surface area contributed by atoms with Crippen molar-refractivity contribution in [2.45, 2.75) is 38.1 Å². The fourth-order valence-corrected chi connectivity index (χ4v) is 4.67. The number of rotatable bonds is 3. The zero-order chi connectivity index (χ0) is 20.1. The molecule has 3 aromatic heterocycles. The van der Waals surface area contributed by atoms with E-state index in [1.165, 1.54) is 0 Å². The smallest absolute Gasteiger partial charge is 0.263 e. The Kier molecular flexibility index (Phi) is 3.93. The van der Waals surface area contributed by atoms with Crippen molar-refractivity contribution in [3.63, 3.8) is 0 Å². The van der Waals surface area contributed by atoms with E-state index in [1.54, 1.807) is 10.9 Å². The van der Waals surface area contributed by atoms with Gasteiger partial charge in [0.15, 0.2) is 5.65 Å². The van der Waals surface area contributed by atoms with Crippen LogP contribution in [0.15, 0.2) is 41.3 Å². The third-order valence-electron chi connectivity index (χ3n) is 6.15. The van der Waals surface area contributed by atoms with Crippen LogP contribution < -0.4 is 10.5 Å². The van der Waals surface area contributed by atoms with Crippen molar-refractivity contribution in [1.82, 2.24) is 34.5 Å². The number of benzene rings is 1. The molecular formula is C21H22N8O. The van der Waals surface area contributed by atoms with E-state index in [1.807, 2.05) is 30.3 Å². The first-order valence-corrected chi connectivity index (χ1v) is 10.5. The molecule has 1 atom stereocenters. The average molecular weight is 402 g/mol. The van der Waals surface area contributed by atoms with Gasteiger partial charge in [-0.15, -0.1) is 10.2 Å². The van der Waals surface area contributed by atoms with E-state index in [0.29, 0.717) is 17.0 Å². The van der Waals surface area contributed by atoms with Crippen LogP contribution in [0.5, 0.6) is 0 Å². The van der Waals surface area contributed by atoms with E-state index in [0.717, 1.165) is 62.7 Å². The van der Waals surface area contributed by atoms with Crippen molar-refractivity contribution in [3.05, 3.63) is 58.5 Å². The van der Waals surface area contributed by atoms with Gasteiger partial charge in [-0.2, -0.15) is 10.1 Å². The first kappa shape index (κ1) is 17.4. The van der Waals surface area contributed by atoms with Gasteiger partial charge in [0.25, 0.3) is 5.56 Å². The summed E-state index contributed by atoms with van der Waals surface area (Å²) >= 11 is 0. The summed E-state index contributed by atoms with van der Waals surface area (Å²) in [6.45, 7) is 2.63. The average Bonchev–Trinajstić information content (AvgIpc) is 3.50. The van der Waals surface area contributed by atoms with Crippen molar-refractivity contribution >= 4 is 17.0 Å². The van der Waals surface area contributed by atoms with Crippen LogP contribution in [0.25, 0.3) is 16.7 Å². The zero-order valence-electron chi connectivity index (χ0n) is 16.5. The standard InChI is InChI=1S/C21H22N8O/c30-20-16-12-22-29(15-7-2-1-3-8-15)19(16)23-21(24-20)27-10-4-6-14(13-27)18-26-25-17-9-5-11-28(17)18/h1-3,7-8,12,14H,4-6,9-11,13H2,(H,23,24,30). The van der Waals surface area contributed by atoms with Gasteiger partial charge in [0, 0.05) is 32.0 Å². The molecule has 0 radical (unpaired) electrons. The SMILES string of the molecule is O=c1[nH]c(N2CCCC(c3nnc4n3CCC4)C2)nc2c1cnn2-c1ccccc1. The molecular weight excluding hydrogens is 380 g/mol. The third kappa shape index (κ3) is 2.72. The van der Waals surface area contributed by atoms with Gasteiger partial charge in [0.2, 0.25) is 5.95 Å². The number of H-pyrrole nitrogens is 1. The van der Waals surface area contributed by atoms with Gasteiger partial charge >= 0.3 is 0 Å². The normalized spacial score (nSPS) is 18.8. The van der Waals surface area contributed by atoms with Crippen LogP contribution in [0.3, 0.4) is 0 Å². The number of piperidine rings is 1. The van der Waals surface area contributed by atoms with Crippen molar-refractivity contribution in [1.29, 1.82) is 0 Å². The second-order valence-corrected chi connectivity index (χ2v) is 8.03. The lowest BCUT2D eigenvalue weighted by molar-refractivity contribution is 0.468. The Morgan fingerprint density at radius 2 is 1.97 bits per heavy atom. The second-order valence-electron chi connectivity index (χ2n) is 8.03. The number of anilines is 1. The van der Waals surface area contributed by atoms with Crippen LogP contribution in [-0.2, 0) is 13.0 Å². The Balaban J connectivity index is 1.37. The van der Waals surface area contributed by atoms with Crippen LogP contribution in [-0.4, -0.2) is 47.6 Å². The molecule has 1 N–H and O–H groups in total. The van der Waals surface area contributed by atoms with Crippen molar-refractivity contribution < 1.29 is 0 Å². The number of para-hydroxylation sites is 1. The minimum absolute atomic E-state index is 0.164. The summed E-state index contributed by atoms with van der Waals surface area (Å²) in [6.07, 6.45) is 5.83. The van der Waals surface area contributed by atoms with E-state index in [9.17, 15) is 4.79 Å². The lowest BCUT2D eigenvalue weighted by atomic mass is 9.97. The maximum Gasteiger partial charge on any atom is 0.263 e. The highest BCUT2D eigenvalue weighted by Crippen LogP contribution is 2.30. The number of aromatic amines is 1. The van der Waals surface area contributed by atoms with E-state index >= 15 is 0 Å². The Hall–Kier alpha value is -3.49. The van der Waals surface area contributed by atoms with Gasteiger partial charge in [-0.05, 0) is 31.4 Å². The molecule has 152 valence electrons. The van der Waals surface area contributed by atoms with Gasteiger partial charge in [0.1, 0.15) is 17.0 Å². The van der Waals surface area contributed by atoms with Crippen LogP contribution in [0.2, 0.25) is 0 Å². The van der Waals surface area contributed by atoms with Gasteiger partial charge in [-0.3, -0.25) is 9.78 Å². The quantitative estimate of drug-likeness (QED) is 0.563. The molecule has 0 amide bonds. The molecule has 2 aliphatic rings. The van der Waals surface area contributed by atoms with Crippen LogP contribution in [0.4, 0.5) is 5.95 Å². The number of nitrogens with zero attached hydrogens (tertiary/aromatic N) is 7. The molecule has 1 unspecified atom stereocenters. The van der Waals surface area contributed by atoms with Crippen molar-refractivity contribution in [2.75, 3.05) is 18.0 Å². The monoisotopic (exact) mass is 402 g/mol. The van der Waals surface area contributed by atoms with Gasteiger partial charge in [-0.25, -0.2) is 4.68 Å². The minimum atomic E-state index is -0.164. The molecule has 5 heterocycles. The molecule has 2 aliphatic heterocycles. The summed E-state index contributed by atoms with van der Waals surface area (Å²) in [4.78, 5) is 22.7. The largest absolute Gasteiger partial charge is 0.342 e. The summed E-state index contributed by atoms with van der Waals surface area (Å²) < 4.78 is 4.00. The highest BCUT2D eigenvalue weighted by atomic mass is 16.1. The summed E-state index contributed by atoms with van der Waals surface area (Å²) in [5, 5.41) is 13.7. The number of aryl methyl sites for hydroxylation is 1. The maximum absolute atomic E-state index is 12.7. The predicted octanol–water partition coefficient (Wildman–Crippen LogP) is 2.03. The molecule has 6 rings (SSSR count). The van der Waals surface area contributed by atoms with E-state index in [-0.39, 0.29) is 11.5 Å². The fourth-order valence-electron chi connectivity index (χ4n) is 4.67. The second kappa shape index (κ2) is 6.79. The van der Waals surface area contributed by atoms with Gasteiger partial charge < -0.3 is 9.47 Å². The molecule has 1 fully saturated rings. The molecule has 1 aromatic carbocycles. The number of fused-ring (bicyclic) bond motifs is 2. The minimum Gasteiger partial charge on any atom is -0.342 e. The summed E-state index contributed by atoms with van der Waals surface area (Å²) in [6, 6.07) is 9.76. The Morgan fingerprint density at radius 3 is 2.87 bits per heavy atom. The van der Waals surface area contributed by atoms with Crippen LogP contribution in [0, 0.1) is 0 Å². The van der Waals surface area contributed by atoms with Crippen molar-refractivity contribution in [3.8, 4) is 5.69 Å². The van der Waals surface area contributed by atoms with E-state index < -0.39 is 0 Å². The zero-order valence-corrected chi connectivity index (χ0v) is 16.5. The maximum atomic E-state index is 12.7. The summed E-state index contributed by atoms with van der Waals surface area (Å²) in [5.41, 5.74) is 1.29. The topological polar surface area (TPSA) is 97.5 Å². The van der Waals surface area contributed by atoms with E-state index in [2.05, 4.69) is 29.7 Å². The first-order valence-electron chi connectivity index (χ1n) is 10.5. The van der Waals surface area contributed by atoms with Crippen LogP contribution >= 0.6 is 0 Å². The highest BCUT2D eigenvalue weighted by molar-refractivity contribution is 5.76. The fraction of sp³-hybridized carbons (Fsp3) is 0.381. The third-order valence-corrected chi connectivity index (χ3v) is 6.15. The molecule has 0 saturated carbocycles. The number of aromatic nitrogens is 7. The van der Waals surface area contributed by atoms with Crippen LogP contribution in [0.1, 0.15) is 36.8 Å². The molecule has 0 spiro atoms. The lowest BCUT2D eigenvalue weighted by Gasteiger charge is -2.32. The molecule has 0 aliphatic carbocycles. The molecule has 1 saturated heterocycles. The lowest BCUT2D eigenvalue weighted by Crippen LogP contribution is -2.37. The Labute approximate surface area is 172 Å². The number of hydrogen-bond donors (Lipinski definition) is 1. The van der Waals surface area contributed by atoms with Gasteiger partial charge in [-0.1, -0.05) is 18.2 Å². The Bertz CT molecular complexity index is 1270. The molecule has 9 heteroatoms. The molecule has 30 heavy (non-hydrogen) atoms. The molecule has 9 nitrogen and oxygen atoms in total. The van der Waals surface area contributed by atoms with Crippen molar-refractivity contribution in [2.24, 2.45) is 0 Å². The summed E-state index contributed by atoms with van der Waals surface area (Å²) in [7, 11) is 0. The molecule has 0 bridgehead atoms. The van der Waals surface area contributed by atoms with E-state index in [4.69, 9.17) is 4.98 Å². The first-order chi connectivity index (χ1) is 14.8.